The molecule has 0 fully saturated rings. The second-order valence-electron chi connectivity index (χ2n) is 5.28. The van der Waals surface area contributed by atoms with E-state index in [1.54, 1.807) is 23.5 Å². The molecule has 0 saturated carbocycles. The van der Waals surface area contributed by atoms with Gasteiger partial charge in [-0.05, 0) is 29.7 Å². The zero-order chi connectivity index (χ0) is 17.1. The Morgan fingerprint density at radius 3 is 2.76 bits per heavy atom. The molecule has 0 aliphatic carbocycles. The van der Waals surface area contributed by atoms with Crippen molar-refractivity contribution in [2.75, 3.05) is 5.43 Å². The lowest BCUT2D eigenvalue weighted by Gasteiger charge is -1.96. The van der Waals surface area contributed by atoms with Crippen LogP contribution < -0.4 is 5.43 Å². The summed E-state index contributed by atoms with van der Waals surface area (Å²) >= 11 is 3.20. The first-order valence-electron chi connectivity index (χ1n) is 7.55. The van der Waals surface area contributed by atoms with Crippen molar-refractivity contribution >= 4 is 44.1 Å². The van der Waals surface area contributed by atoms with E-state index < -0.39 is 0 Å². The Hall–Kier alpha value is -3.01. The highest BCUT2D eigenvalue weighted by molar-refractivity contribution is 7.20. The standard InChI is InChI=1S/C19H12N4S2/c20-10-13-5-7-14(8-6-13)17-12-24-19(22-17)23-21-11-16-9-15-3-1-2-4-18(15)25-16/h1-9,11-12H,(H,22,23)/b21-11+. The number of thiophene rings is 1. The second-order valence-corrected chi connectivity index (χ2v) is 7.26. The molecule has 0 unspecified atom stereocenters. The summed E-state index contributed by atoms with van der Waals surface area (Å²) in [4.78, 5) is 5.62. The van der Waals surface area contributed by atoms with Gasteiger partial charge >= 0.3 is 0 Å². The van der Waals surface area contributed by atoms with Crippen LogP contribution in [0.2, 0.25) is 0 Å². The third kappa shape index (κ3) is 3.43. The van der Waals surface area contributed by atoms with Gasteiger partial charge in [0, 0.05) is 20.5 Å². The van der Waals surface area contributed by atoms with E-state index in [2.05, 4.69) is 39.8 Å². The number of nitriles is 1. The Kier molecular flexibility index (Phi) is 4.25. The van der Waals surface area contributed by atoms with Gasteiger partial charge in [0.2, 0.25) is 5.13 Å². The molecule has 0 aliphatic heterocycles. The molecule has 1 N–H and O–H groups in total. The molecule has 2 aromatic carbocycles. The summed E-state index contributed by atoms with van der Waals surface area (Å²) < 4.78 is 1.25. The van der Waals surface area contributed by atoms with Gasteiger partial charge in [0.15, 0.2) is 0 Å². The number of hydrogen-bond acceptors (Lipinski definition) is 6. The minimum atomic E-state index is 0.644. The predicted octanol–water partition coefficient (Wildman–Crippen LogP) is 5.34. The highest BCUT2D eigenvalue weighted by Crippen LogP contribution is 2.26. The maximum absolute atomic E-state index is 8.85. The van der Waals surface area contributed by atoms with E-state index >= 15 is 0 Å². The molecule has 120 valence electrons. The molecular weight excluding hydrogens is 348 g/mol. The van der Waals surface area contributed by atoms with Gasteiger partial charge in [0.05, 0.1) is 23.5 Å². The number of rotatable bonds is 4. The van der Waals surface area contributed by atoms with Gasteiger partial charge in [-0.25, -0.2) is 4.98 Å². The molecule has 6 heteroatoms. The van der Waals surface area contributed by atoms with Gasteiger partial charge in [-0.15, -0.1) is 22.7 Å². The van der Waals surface area contributed by atoms with Gasteiger partial charge in [-0.1, -0.05) is 30.3 Å². The Bertz CT molecular complexity index is 1050. The van der Waals surface area contributed by atoms with E-state index in [1.165, 1.54) is 21.4 Å². The third-order valence-electron chi connectivity index (χ3n) is 3.61. The number of nitrogens with zero attached hydrogens (tertiary/aromatic N) is 3. The number of thiazole rings is 1. The average molecular weight is 360 g/mol. The molecule has 2 aromatic heterocycles. The fraction of sp³-hybridized carbons (Fsp3) is 0. The molecule has 4 rings (SSSR count). The first kappa shape index (κ1) is 15.5. The number of hydrazone groups is 1. The van der Waals surface area contributed by atoms with Gasteiger partial charge in [-0.2, -0.15) is 10.4 Å². The smallest absolute Gasteiger partial charge is 0.203 e. The maximum Gasteiger partial charge on any atom is 0.203 e. The Balaban J connectivity index is 1.46. The fourth-order valence-electron chi connectivity index (χ4n) is 2.39. The molecule has 0 spiro atoms. The molecule has 4 nitrogen and oxygen atoms in total. The highest BCUT2D eigenvalue weighted by atomic mass is 32.1. The molecular formula is C19H12N4S2. The quantitative estimate of drug-likeness (QED) is 0.394. The number of nitrogens with one attached hydrogen (secondary N) is 1. The highest BCUT2D eigenvalue weighted by Gasteiger charge is 2.04. The van der Waals surface area contributed by atoms with Crippen LogP contribution in [0.5, 0.6) is 0 Å². The molecule has 0 amide bonds. The van der Waals surface area contributed by atoms with E-state index in [0.717, 1.165) is 21.3 Å². The zero-order valence-electron chi connectivity index (χ0n) is 13.0. The van der Waals surface area contributed by atoms with Crippen molar-refractivity contribution in [1.82, 2.24) is 4.98 Å². The van der Waals surface area contributed by atoms with Gasteiger partial charge in [0.25, 0.3) is 0 Å². The maximum atomic E-state index is 8.85. The number of benzene rings is 2. The van der Waals surface area contributed by atoms with Crippen LogP contribution >= 0.6 is 22.7 Å². The average Bonchev–Trinajstić information content (AvgIpc) is 3.28. The van der Waals surface area contributed by atoms with Crippen molar-refractivity contribution in [1.29, 1.82) is 5.26 Å². The SMILES string of the molecule is N#Cc1ccc(-c2csc(N/N=C/c3cc4ccccc4s3)n2)cc1. The predicted molar refractivity (Wildman–Crippen MR) is 105 cm³/mol. The number of anilines is 1. The van der Waals surface area contributed by atoms with Crippen LogP contribution in [-0.2, 0) is 0 Å². The minimum absolute atomic E-state index is 0.644. The normalized spacial score (nSPS) is 11.0. The van der Waals surface area contributed by atoms with Crippen LogP contribution in [0.3, 0.4) is 0 Å². The summed E-state index contributed by atoms with van der Waals surface area (Å²) in [5, 5.41) is 17.1. The number of fused-ring (bicyclic) bond motifs is 1. The molecule has 0 aliphatic rings. The van der Waals surface area contributed by atoms with Crippen molar-refractivity contribution in [2.45, 2.75) is 0 Å². The van der Waals surface area contributed by atoms with Crippen molar-refractivity contribution < 1.29 is 0 Å². The van der Waals surface area contributed by atoms with E-state index in [-0.39, 0.29) is 0 Å². The lowest BCUT2D eigenvalue weighted by molar-refractivity contribution is 1.29. The molecule has 0 saturated heterocycles. The summed E-state index contributed by atoms with van der Waals surface area (Å²) in [6.07, 6.45) is 1.81. The molecule has 0 bridgehead atoms. The zero-order valence-corrected chi connectivity index (χ0v) is 14.6. The van der Waals surface area contributed by atoms with Crippen LogP contribution in [-0.4, -0.2) is 11.2 Å². The van der Waals surface area contributed by atoms with Gasteiger partial charge < -0.3 is 0 Å². The summed E-state index contributed by atoms with van der Waals surface area (Å²) in [6.45, 7) is 0. The number of hydrogen-bond donors (Lipinski definition) is 1. The Morgan fingerprint density at radius 1 is 1.12 bits per heavy atom. The monoisotopic (exact) mass is 360 g/mol. The fourth-order valence-corrected chi connectivity index (χ4v) is 4.00. The van der Waals surface area contributed by atoms with Crippen LogP contribution in [0.1, 0.15) is 10.4 Å². The molecule has 2 heterocycles. The van der Waals surface area contributed by atoms with E-state index in [1.807, 2.05) is 35.9 Å². The molecule has 4 aromatic rings. The van der Waals surface area contributed by atoms with E-state index in [9.17, 15) is 0 Å². The topological polar surface area (TPSA) is 61.1 Å². The Morgan fingerprint density at radius 2 is 1.96 bits per heavy atom. The summed E-state index contributed by atoms with van der Waals surface area (Å²) in [5.41, 5.74) is 5.48. The largest absolute Gasteiger partial charge is 0.253 e. The lowest BCUT2D eigenvalue weighted by atomic mass is 10.1. The molecule has 25 heavy (non-hydrogen) atoms. The molecule has 0 atom stereocenters. The first-order chi connectivity index (χ1) is 12.3. The first-order valence-corrected chi connectivity index (χ1v) is 9.25. The van der Waals surface area contributed by atoms with Crippen LogP contribution in [0.4, 0.5) is 5.13 Å². The van der Waals surface area contributed by atoms with Crippen molar-refractivity contribution in [3.8, 4) is 17.3 Å². The van der Waals surface area contributed by atoms with E-state index in [4.69, 9.17) is 5.26 Å². The van der Waals surface area contributed by atoms with E-state index in [0.29, 0.717) is 5.56 Å². The number of aromatic nitrogens is 1. The van der Waals surface area contributed by atoms with Gasteiger partial charge in [-0.3, -0.25) is 5.43 Å². The molecule has 0 radical (unpaired) electrons. The Labute approximate surface area is 152 Å². The van der Waals surface area contributed by atoms with Gasteiger partial charge in [0.1, 0.15) is 0 Å². The third-order valence-corrected chi connectivity index (χ3v) is 5.41. The van der Waals surface area contributed by atoms with Crippen molar-refractivity contribution in [3.05, 3.63) is 70.4 Å². The summed E-state index contributed by atoms with van der Waals surface area (Å²) in [6, 6.07) is 19.9. The minimum Gasteiger partial charge on any atom is -0.253 e. The lowest BCUT2D eigenvalue weighted by Crippen LogP contribution is -1.88. The second kappa shape index (κ2) is 6.85. The van der Waals surface area contributed by atoms with Crippen LogP contribution in [0, 0.1) is 11.3 Å². The summed E-state index contributed by atoms with van der Waals surface area (Å²) in [5.74, 6) is 0. The van der Waals surface area contributed by atoms with Crippen molar-refractivity contribution in [2.24, 2.45) is 5.10 Å². The van der Waals surface area contributed by atoms with Crippen LogP contribution in [0.15, 0.2) is 65.1 Å². The van der Waals surface area contributed by atoms with Crippen molar-refractivity contribution in [3.63, 3.8) is 0 Å². The van der Waals surface area contributed by atoms with Crippen LogP contribution in [0.25, 0.3) is 21.3 Å². The summed E-state index contributed by atoms with van der Waals surface area (Å²) in [7, 11) is 0.